The zero-order chi connectivity index (χ0) is 25.4. The van der Waals surface area contributed by atoms with Crippen LogP contribution in [0.25, 0.3) is 0 Å². The van der Waals surface area contributed by atoms with Crippen LogP contribution in [0.4, 0.5) is 18.9 Å². The van der Waals surface area contributed by atoms with Crippen LogP contribution in [0, 0.1) is 5.92 Å². The maximum Gasteiger partial charge on any atom is 0.416 e. The van der Waals surface area contributed by atoms with Crippen molar-refractivity contribution in [1.82, 2.24) is 4.90 Å². The molecule has 1 aliphatic rings. The second-order valence-electron chi connectivity index (χ2n) is 9.70. The molecule has 2 amide bonds. The summed E-state index contributed by atoms with van der Waals surface area (Å²) >= 11 is 0. The number of para-hydroxylation sites is 1. The molecular formula is C28H35F3N2O2. The molecule has 4 nitrogen and oxygen atoms in total. The van der Waals surface area contributed by atoms with Crippen molar-refractivity contribution in [2.75, 3.05) is 18.0 Å². The minimum absolute atomic E-state index is 0.0226. The Balaban J connectivity index is 1.96. The molecule has 2 aromatic rings. The van der Waals surface area contributed by atoms with E-state index in [0.29, 0.717) is 19.5 Å². The number of halogens is 3. The van der Waals surface area contributed by atoms with Gasteiger partial charge >= 0.3 is 6.18 Å². The maximum atomic E-state index is 13.4. The van der Waals surface area contributed by atoms with Gasteiger partial charge in [-0.3, -0.25) is 9.59 Å². The smallest absolute Gasteiger partial charge is 0.334 e. The lowest BCUT2D eigenvalue weighted by Crippen LogP contribution is -2.35. The second kappa shape index (κ2) is 12.2. The van der Waals surface area contributed by atoms with Gasteiger partial charge in [0.25, 0.3) is 5.91 Å². The molecule has 0 bridgehead atoms. The number of anilines is 1. The van der Waals surface area contributed by atoms with Crippen LogP contribution in [0.5, 0.6) is 0 Å². The molecule has 0 radical (unpaired) electrons. The molecule has 0 fully saturated rings. The van der Waals surface area contributed by atoms with E-state index in [4.69, 9.17) is 0 Å². The fraction of sp³-hybridized carbons (Fsp3) is 0.500. The zero-order valence-electron chi connectivity index (χ0n) is 20.6. The highest BCUT2D eigenvalue weighted by Gasteiger charge is 2.31. The first-order valence-electron chi connectivity index (χ1n) is 12.5. The van der Waals surface area contributed by atoms with E-state index in [1.165, 1.54) is 12.1 Å². The molecule has 0 aliphatic carbocycles. The number of nitrogens with zero attached hydrogens (tertiary/aromatic N) is 2. The lowest BCUT2D eigenvalue weighted by Gasteiger charge is -2.29. The second-order valence-corrected chi connectivity index (χ2v) is 9.70. The molecule has 2 aromatic carbocycles. The molecule has 0 spiro atoms. The summed E-state index contributed by atoms with van der Waals surface area (Å²) in [7, 11) is 0. The Hall–Kier alpha value is -2.83. The first kappa shape index (κ1) is 26.8. The molecule has 3 rings (SSSR count). The van der Waals surface area contributed by atoms with Gasteiger partial charge in [-0.25, -0.2) is 0 Å². The number of rotatable bonds is 3. The molecular weight excluding hydrogens is 453 g/mol. The maximum absolute atomic E-state index is 13.4. The Morgan fingerprint density at radius 2 is 1.54 bits per heavy atom. The van der Waals surface area contributed by atoms with Crippen LogP contribution in [0.1, 0.15) is 80.3 Å². The molecule has 0 aromatic heterocycles. The van der Waals surface area contributed by atoms with E-state index < -0.39 is 17.6 Å². The minimum Gasteiger partial charge on any atom is -0.334 e. The molecule has 190 valence electrons. The van der Waals surface area contributed by atoms with Crippen LogP contribution in [0.2, 0.25) is 0 Å². The Labute approximate surface area is 206 Å². The third kappa shape index (κ3) is 7.58. The summed E-state index contributed by atoms with van der Waals surface area (Å²) < 4.78 is 39.8. The van der Waals surface area contributed by atoms with E-state index in [1.807, 2.05) is 43.0 Å². The number of benzene rings is 2. The number of hydrogen-bond acceptors (Lipinski definition) is 2. The topological polar surface area (TPSA) is 40.6 Å². The molecule has 0 N–H and O–H groups in total. The molecule has 0 atom stereocenters. The number of amides is 2. The Morgan fingerprint density at radius 3 is 2.23 bits per heavy atom. The number of alkyl halides is 3. The van der Waals surface area contributed by atoms with E-state index in [9.17, 15) is 22.8 Å². The fourth-order valence-electron chi connectivity index (χ4n) is 4.50. The summed E-state index contributed by atoms with van der Waals surface area (Å²) in [5.74, 6) is -0.155. The van der Waals surface area contributed by atoms with Crippen molar-refractivity contribution in [1.29, 1.82) is 0 Å². The van der Waals surface area contributed by atoms with Gasteiger partial charge in [0, 0.05) is 37.3 Å². The van der Waals surface area contributed by atoms with Gasteiger partial charge in [-0.1, -0.05) is 63.8 Å². The predicted molar refractivity (Wildman–Crippen MR) is 132 cm³/mol. The van der Waals surface area contributed by atoms with Crippen molar-refractivity contribution < 1.29 is 22.8 Å². The quantitative estimate of drug-likeness (QED) is 0.463. The third-order valence-corrected chi connectivity index (χ3v) is 6.31. The molecule has 0 saturated heterocycles. The number of carbonyl (C=O) groups is 2. The lowest BCUT2D eigenvalue weighted by molar-refractivity contribution is -0.137. The van der Waals surface area contributed by atoms with Gasteiger partial charge in [0.1, 0.15) is 0 Å². The third-order valence-electron chi connectivity index (χ3n) is 6.31. The number of hydrogen-bond donors (Lipinski definition) is 0. The highest BCUT2D eigenvalue weighted by atomic mass is 19.4. The van der Waals surface area contributed by atoms with Crippen molar-refractivity contribution >= 4 is 17.5 Å². The average Bonchev–Trinajstić information content (AvgIpc) is 2.83. The van der Waals surface area contributed by atoms with Crippen LogP contribution in [-0.2, 0) is 17.5 Å². The van der Waals surface area contributed by atoms with Gasteiger partial charge in [-0.05, 0) is 48.6 Å². The van der Waals surface area contributed by atoms with Crippen molar-refractivity contribution in [3.8, 4) is 0 Å². The monoisotopic (exact) mass is 488 g/mol. The van der Waals surface area contributed by atoms with Crippen molar-refractivity contribution in [3.63, 3.8) is 0 Å². The molecule has 35 heavy (non-hydrogen) atoms. The normalized spacial score (nSPS) is 16.2. The van der Waals surface area contributed by atoms with E-state index in [2.05, 4.69) is 0 Å². The summed E-state index contributed by atoms with van der Waals surface area (Å²) in [6, 6.07) is 12.2. The van der Waals surface area contributed by atoms with Crippen LogP contribution in [0.15, 0.2) is 48.5 Å². The van der Waals surface area contributed by atoms with Gasteiger partial charge in [0.15, 0.2) is 0 Å². The highest BCUT2D eigenvalue weighted by Crippen LogP contribution is 2.30. The van der Waals surface area contributed by atoms with Crippen LogP contribution in [0.3, 0.4) is 0 Å². The van der Waals surface area contributed by atoms with E-state index in [0.717, 1.165) is 61.9 Å². The van der Waals surface area contributed by atoms with Crippen LogP contribution < -0.4 is 4.90 Å². The van der Waals surface area contributed by atoms with E-state index >= 15 is 0 Å². The van der Waals surface area contributed by atoms with Gasteiger partial charge < -0.3 is 9.80 Å². The standard InChI is InChI=1S/C28H35F3N2O2/c1-21(2)18-26(34)33-17-10-6-4-3-5-9-16-32(20-23-12-7-8-15-25(23)33)27(35)22-13-11-14-24(19-22)28(29,30)31/h7-8,11-15,19,21H,3-6,9-10,16-18,20H2,1-2H3. The Morgan fingerprint density at radius 1 is 0.886 bits per heavy atom. The predicted octanol–water partition coefficient (Wildman–Crippen LogP) is 7.08. The van der Waals surface area contributed by atoms with E-state index in [1.54, 1.807) is 4.90 Å². The van der Waals surface area contributed by atoms with Crippen molar-refractivity contribution in [3.05, 3.63) is 65.2 Å². The molecule has 0 saturated carbocycles. The molecule has 0 unspecified atom stereocenters. The summed E-state index contributed by atoms with van der Waals surface area (Å²) in [6.45, 7) is 5.32. The average molecular weight is 489 g/mol. The van der Waals surface area contributed by atoms with Crippen molar-refractivity contribution in [2.24, 2.45) is 5.92 Å². The SMILES string of the molecule is CC(C)CC(=O)N1CCCCCCCCN(C(=O)c2cccc(C(F)(F)F)c2)Cc2ccccc21. The Kier molecular flexibility index (Phi) is 9.35. The van der Waals surface area contributed by atoms with Crippen molar-refractivity contribution in [2.45, 2.75) is 71.5 Å². The number of carbonyl (C=O) groups excluding carboxylic acids is 2. The summed E-state index contributed by atoms with van der Waals surface area (Å²) in [6.07, 6.45) is 1.66. The van der Waals surface area contributed by atoms with Gasteiger partial charge in [-0.2, -0.15) is 13.2 Å². The fourth-order valence-corrected chi connectivity index (χ4v) is 4.50. The summed E-state index contributed by atoms with van der Waals surface area (Å²) in [5, 5.41) is 0. The minimum atomic E-state index is -4.51. The van der Waals surface area contributed by atoms with Gasteiger partial charge in [0.05, 0.1) is 5.56 Å². The van der Waals surface area contributed by atoms with Crippen LogP contribution >= 0.6 is 0 Å². The van der Waals surface area contributed by atoms with E-state index in [-0.39, 0.29) is 23.9 Å². The van der Waals surface area contributed by atoms with Gasteiger partial charge in [0.2, 0.25) is 5.91 Å². The summed E-state index contributed by atoms with van der Waals surface area (Å²) in [5.41, 5.74) is 0.790. The first-order valence-corrected chi connectivity index (χ1v) is 12.5. The summed E-state index contributed by atoms with van der Waals surface area (Å²) in [4.78, 5) is 30.0. The Bertz CT molecular complexity index is 1000. The van der Waals surface area contributed by atoms with Gasteiger partial charge in [-0.15, -0.1) is 0 Å². The molecule has 1 heterocycles. The van der Waals surface area contributed by atoms with Crippen LogP contribution in [-0.4, -0.2) is 29.8 Å². The number of fused-ring (bicyclic) bond motifs is 1. The highest BCUT2D eigenvalue weighted by molar-refractivity contribution is 5.96. The zero-order valence-corrected chi connectivity index (χ0v) is 20.6. The molecule has 7 heteroatoms. The molecule has 1 aliphatic heterocycles. The largest absolute Gasteiger partial charge is 0.416 e. The first-order chi connectivity index (χ1) is 16.7. The lowest BCUT2D eigenvalue weighted by atomic mass is 10.1.